The first-order valence-electron chi connectivity index (χ1n) is 6.64. The van der Waals surface area contributed by atoms with E-state index in [1.54, 1.807) is 0 Å². The van der Waals surface area contributed by atoms with Gasteiger partial charge in [-0.3, -0.25) is 19.0 Å². The minimum absolute atomic E-state index is 0.0299. The summed E-state index contributed by atoms with van der Waals surface area (Å²) in [4.78, 5) is 41.1. The molecule has 4 atom stereocenters. The topological polar surface area (TPSA) is 155 Å². The van der Waals surface area contributed by atoms with Gasteiger partial charge in [-0.25, -0.2) is 4.98 Å². The van der Waals surface area contributed by atoms with Crippen LogP contribution in [0.4, 0.5) is 0 Å². The lowest BCUT2D eigenvalue weighted by atomic mass is 10.1. The number of carbonyl (C=O) groups is 1. The van der Waals surface area contributed by atoms with Crippen molar-refractivity contribution in [3.63, 3.8) is 0 Å². The van der Waals surface area contributed by atoms with Gasteiger partial charge in [0.2, 0.25) is 0 Å². The van der Waals surface area contributed by atoms with Gasteiger partial charge in [0, 0.05) is 6.92 Å². The number of aliphatic hydroxyl groups is 3. The monoisotopic (exact) mass is 343 g/mol. The summed E-state index contributed by atoms with van der Waals surface area (Å²) in [5, 5.41) is 29.0. The summed E-state index contributed by atoms with van der Waals surface area (Å²) < 4.78 is 6.17. The molecule has 124 valence electrons. The zero-order valence-electron chi connectivity index (χ0n) is 11.8. The molecule has 0 aromatic carbocycles. The number of hydrogen-bond acceptors (Lipinski definition) is 9. The highest BCUT2D eigenvalue weighted by Crippen LogP contribution is 2.30. The number of H-pyrrole nitrogens is 1. The molecule has 0 spiro atoms. The predicted octanol–water partition coefficient (Wildman–Crippen LogP) is -2.04. The first-order valence-corrected chi connectivity index (χ1v) is 7.45. The van der Waals surface area contributed by atoms with Crippen LogP contribution in [0.3, 0.4) is 0 Å². The van der Waals surface area contributed by atoms with Crippen molar-refractivity contribution >= 4 is 27.5 Å². The lowest BCUT2D eigenvalue weighted by Crippen LogP contribution is -2.34. The molecule has 2 aromatic rings. The Morgan fingerprint density at radius 1 is 1.39 bits per heavy atom. The summed E-state index contributed by atoms with van der Waals surface area (Å²) in [6, 6.07) is 0. The minimum Gasteiger partial charge on any atom is -0.394 e. The van der Waals surface area contributed by atoms with Gasteiger partial charge in [0.05, 0.1) is 6.61 Å². The Bertz CT molecular complexity index is 885. The van der Waals surface area contributed by atoms with Crippen molar-refractivity contribution in [1.29, 1.82) is 0 Å². The van der Waals surface area contributed by atoms with Gasteiger partial charge < -0.3 is 25.0 Å². The van der Waals surface area contributed by atoms with Gasteiger partial charge in [0.25, 0.3) is 5.56 Å². The number of nitrogens with zero attached hydrogens (tertiary/aromatic N) is 2. The fourth-order valence-electron chi connectivity index (χ4n) is 2.41. The van der Waals surface area contributed by atoms with Crippen LogP contribution in [-0.2, 0) is 4.74 Å². The Balaban J connectivity index is 2.22. The van der Waals surface area contributed by atoms with Crippen LogP contribution in [0.5, 0.6) is 0 Å². The average molecular weight is 343 g/mol. The van der Waals surface area contributed by atoms with Crippen LogP contribution in [0.25, 0.3) is 10.3 Å². The molecule has 1 saturated heterocycles. The minimum atomic E-state index is -1.50. The van der Waals surface area contributed by atoms with Gasteiger partial charge in [-0.05, 0) is 0 Å². The van der Waals surface area contributed by atoms with Crippen LogP contribution in [0.1, 0.15) is 23.8 Å². The van der Waals surface area contributed by atoms with E-state index >= 15 is 0 Å². The van der Waals surface area contributed by atoms with E-state index in [0.717, 1.165) is 4.57 Å². The van der Waals surface area contributed by atoms with E-state index in [2.05, 4.69) is 9.97 Å². The number of aromatic amines is 1. The summed E-state index contributed by atoms with van der Waals surface area (Å²) in [5.41, 5.74) is -0.781. The molecular weight excluding hydrogens is 330 g/mol. The van der Waals surface area contributed by atoms with Crippen molar-refractivity contribution in [3.8, 4) is 0 Å². The fraction of sp³-hybridized carbons (Fsp3) is 0.500. The molecule has 10 nitrogen and oxygen atoms in total. The third-order valence-electron chi connectivity index (χ3n) is 3.58. The number of ketones is 1. The molecular formula is C12H13N3O7S. The molecule has 23 heavy (non-hydrogen) atoms. The average Bonchev–Trinajstić information content (AvgIpc) is 2.97. The van der Waals surface area contributed by atoms with Crippen molar-refractivity contribution in [2.24, 2.45) is 0 Å². The van der Waals surface area contributed by atoms with Crippen LogP contribution in [-0.4, -0.2) is 60.6 Å². The van der Waals surface area contributed by atoms with Crippen LogP contribution in [0.15, 0.2) is 9.59 Å². The highest BCUT2D eigenvalue weighted by molar-refractivity contribution is 7.16. The maximum atomic E-state index is 12.2. The molecule has 1 aliphatic heterocycles. The van der Waals surface area contributed by atoms with Crippen molar-refractivity contribution in [3.05, 3.63) is 25.8 Å². The number of ether oxygens (including phenoxy) is 1. The van der Waals surface area contributed by atoms with Crippen molar-refractivity contribution in [1.82, 2.24) is 14.5 Å². The first kappa shape index (κ1) is 16.0. The Kier molecular flexibility index (Phi) is 3.90. The molecule has 0 radical (unpaired) electrons. The molecule has 1 unspecified atom stereocenters. The Morgan fingerprint density at radius 2 is 2.09 bits per heavy atom. The number of Topliss-reactive ketones (excluding diaryl/α,β-unsaturated/α-hetero) is 1. The van der Waals surface area contributed by atoms with E-state index in [0.29, 0.717) is 11.3 Å². The number of hydrogen-bond donors (Lipinski definition) is 4. The predicted molar refractivity (Wildman–Crippen MR) is 77.5 cm³/mol. The van der Waals surface area contributed by atoms with Gasteiger partial charge in [0.1, 0.15) is 23.0 Å². The van der Waals surface area contributed by atoms with E-state index in [1.165, 1.54) is 6.92 Å². The molecule has 3 heterocycles. The molecule has 1 fully saturated rings. The maximum absolute atomic E-state index is 12.2. The van der Waals surface area contributed by atoms with Crippen LogP contribution in [0.2, 0.25) is 0 Å². The molecule has 0 amide bonds. The van der Waals surface area contributed by atoms with Crippen LogP contribution < -0.4 is 10.4 Å². The Hall–Kier alpha value is -1.92. The number of rotatable bonds is 3. The second-order valence-corrected chi connectivity index (χ2v) is 6.05. The number of carbonyl (C=O) groups excluding carboxylic acids is 1. The zero-order valence-corrected chi connectivity index (χ0v) is 12.6. The third-order valence-corrected chi connectivity index (χ3v) is 4.52. The Morgan fingerprint density at radius 3 is 2.65 bits per heavy atom. The van der Waals surface area contributed by atoms with E-state index < -0.39 is 47.4 Å². The number of aromatic nitrogens is 3. The lowest BCUT2D eigenvalue weighted by Gasteiger charge is -2.15. The number of fused-ring (bicyclic) bond motifs is 1. The third kappa shape index (κ3) is 2.42. The summed E-state index contributed by atoms with van der Waals surface area (Å²) >= 11 is 0.579. The fourth-order valence-corrected chi connectivity index (χ4v) is 3.26. The largest absolute Gasteiger partial charge is 0.394 e. The highest BCUT2D eigenvalue weighted by Gasteiger charge is 2.44. The normalized spacial score (nSPS) is 27.7. The molecule has 4 N–H and O–H groups in total. The second kappa shape index (κ2) is 5.62. The highest BCUT2D eigenvalue weighted by atomic mass is 32.1. The summed E-state index contributed by atoms with van der Waals surface area (Å²) in [6.45, 7) is 0.642. The number of aliphatic hydroxyl groups excluding tert-OH is 3. The summed E-state index contributed by atoms with van der Waals surface area (Å²) in [7, 11) is 0. The molecule has 2 aromatic heterocycles. The SMILES string of the molecule is CC(=O)c1nc2c(sc(=O)n2C2O[C@H](CO)[C@@H](O)[C@H]2O)c(=O)[nH]1. The first-order chi connectivity index (χ1) is 10.8. The van der Waals surface area contributed by atoms with Gasteiger partial charge in [-0.2, -0.15) is 0 Å². The van der Waals surface area contributed by atoms with E-state index in [4.69, 9.17) is 9.84 Å². The van der Waals surface area contributed by atoms with Gasteiger partial charge in [-0.15, -0.1) is 0 Å². The van der Waals surface area contributed by atoms with E-state index in [1.807, 2.05) is 0 Å². The van der Waals surface area contributed by atoms with Gasteiger partial charge in [0.15, 0.2) is 23.5 Å². The van der Waals surface area contributed by atoms with Crippen LogP contribution >= 0.6 is 11.3 Å². The molecule has 3 rings (SSSR count). The molecule has 0 saturated carbocycles. The number of thiazole rings is 1. The van der Waals surface area contributed by atoms with Crippen LogP contribution in [0, 0.1) is 0 Å². The zero-order chi connectivity index (χ0) is 16.9. The van der Waals surface area contributed by atoms with E-state index in [9.17, 15) is 24.6 Å². The number of nitrogens with one attached hydrogen (secondary N) is 1. The maximum Gasteiger partial charge on any atom is 0.311 e. The van der Waals surface area contributed by atoms with Gasteiger partial charge >= 0.3 is 4.87 Å². The lowest BCUT2D eigenvalue weighted by molar-refractivity contribution is -0.0518. The van der Waals surface area contributed by atoms with Crippen molar-refractivity contribution in [2.45, 2.75) is 31.5 Å². The van der Waals surface area contributed by atoms with E-state index in [-0.39, 0.29) is 16.2 Å². The summed E-state index contributed by atoms with van der Waals surface area (Å²) in [6.07, 6.45) is -5.30. The molecule has 0 bridgehead atoms. The standard InChI is InChI=1S/C12H13N3O7S/c1-3(17)8-13-9-7(10(20)14-8)23-12(21)15(9)11-6(19)5(18)4(2-16)22-11/h4-6,11,16,18-19H,2H2,1H3,(H,13,14,20)/t4-,5-,6-,11?/m1/s1. The second-order valence-electron chi connectivity index (χ2n) is 5.09. The molecule has 1 aliphatic rings. The smallest absolute Gasteiger partial charge is 0.311 e. The summed E-state index contributed by atoms with van der Waals surface area (Å²) in [5.74, 6) is -0.740. The molecule has 11 heteroatoms. The van der Waals surface area contributed by atoms with Gasteiger partial charge in [-0.1, -0.05) is 11.3 Å². The molecule has 0 aliphatic carbocycles. The van der Waals surface area contributed by atoms with Crippen molar-refractivity contribution < 1.29 is 24.9 Å². The Labute approximate surface area is 131 Å². The quantitative estimate of drug-likeness (QED) is 0.465. The van der Waals surface area contributed by atoms with Crippen molar-refractivity contribution in [2.75, 3.05) is 6.61 Å².